The number of halogens is 3. The fourth-order valence-corrected chi connectivity index (χ4v) is 3.52. The quantitative estimate of drug-likeness (QED) is 0.360. The Morgan fingerprint density at radius 3 is 2.09 bits per heavy atom. The van der Waals surface area contributed by atoms with E-state index in [4.69, 9.17) is 0 Å². The van der Waals surface area contributed by atoms with Crippen LogP contribution in [0, 0.1) is 20.2 Å². The maximum absolute atomic E-state index is 12.9. The van der Waals surface area contributed by atoms with Gasteiger partial charge in [-0.25, -0.2) is 4.79 Å². The topological polar surface area (TPSA) is 136 Å². The van der Waals surface area contributed by atoms with Crippen molar-refractivity contribution in [2.45, 2.75) is 6.18 Å². The molecule has 0 aromatic heterocycles. The first-order chi connectivity index (χ1) is 15.9. The summed E-state index contributed by atoms with van der Waals surface area (Å²) in [5.74, 6) is -1.48. The highest BCUT2D eigenvalue weighted by atomic mass is 19.4. The van der Waals surface area contributed by atoms with E-state index < -0.39 is 44.8 Å². The molecule has 2 aromatic rings. The lowest BCUT2D eigenvalue weighted by atomic mass is 10.1. The number of hydrogen-bond donors (Lipinski definition) is 0. The number of nitro groups is 2. The van der Waals surface area contributed by atoms with Crippen LogP contribution in [-0.2, 0) is 10.9 Å². The SMILES string of the molecule is COC(=O)c1cc(C(=O)N2CCN(c3ccc(C(F)(F)F)cc3[N+](=O)[O-])CC2)cc([N+](=O)[O-])c1. The minimum atomic E-state index is -4.74. The Bertz CT molecular complexity index is 1160. The van der Waals surface area contributed by atoms with E-state index >= 15 is 0 Å². The van der Waals surface area contributed by atoms with E-state index in [1.54, 1.807) is 0 Å². The summed E-state index contributed by atoms with van der Waals surface area (Å²) in [7, 11) is 1.09. The predicted octanol–water partition coefficient (Wildman–Crippen LogP) is 3.27. The maximum atomic E-state index is 12.9. The van der Waals surface area contributed by atoms with Crippen LogP contribution < -0.4 is 4.90 Å². The number of benzene rings is 2. The summed E-state index contributed by atoms with van der Waals surface area (Å²) >= 11 is 0. The normalized spacial score (nSPS) is 14.0. The van der Waals surface area contributed by atoms with Gasteiger partial charge in [0.15, 0.2) is 0 Å². The number of methoxy groups -OCH3 is 1. The van der Waals surface area contributed by atoms with Crippen LogP contribution in [0.15, 0.2) is 36.4 Å². The molecule has 1 aliphatic rings. The minimum absolute atomic E-state index is 0.0200. The van der Waals surface area contributed by atoms with Gasteiger partial charge in [-0.2, -0.15) is 13.2 Å². The van der Waals surface area contributed by atoms with Gasteiger partial charge in [-0.05, 0) is 18.2 Å². The van der Waals surface area contributed by atoms with E-state index in [0.717, 1.165) is 37.4 Å². The van der Waals surface area contributed by atoms with E-state index in [1.165, 1.54) is 9.80 Å². The average molecular weight is 482 g/mol. The third-order valence-electron chi connectivity index (χ3n) is 5.20. The second-order valence-corrected chi connectivity index (χ2v) is 7.25. The summed E-state index contributed by atoms with van der Waals surface area (Å²) in [6, 6.07) is 5.38. The highest BCUT2D eigenvalue weighted by Crippen LogP contribution is 2.36. The number of carbonyl (C=O) groups excluding carboxylic acids is 2. The van der Waals surface area contributed by atoms with Crippen molar-refractivity contribution < 1.29 is 37.3 Å². The van der Waals surface area contributed by atoms with E-state index in [2.05, 4.69) is 4.74 Å². The molecular weight excluding hydrogens is 465 g/mol. The van der Waals surface area contributed by atoms with Crippen molar-refractivity contribution in [1.82, 2.24) is 4.90 Å². The highest BCUT2D eigenvalue weighted by Gasteiger charge is 2.34. The number of hydrogen-bond acceptors (Lipinski definition) is 8. The number of amides is 1. The zero-order valence-electron chi connectivity index (χ0n) is 17.6. The van der Waals surface area contributed by atoms with Gasteiger partial charge in [0.25, 0.3) is 17.3 Å². The number of piperazine rings is 1. The van der Waals surface area contributed by atoms with Gasteiger partial charge in [-0.15, -0.1) is 0 Å². The van der Waals surface area contributed by atoms with Crippen LogP contribution in [0.3, 0.4) is 0 Å². The van der Waals surface area contributed by atoms with Crippen LogP contribution >= 0.6 is 0 Å². The van der Waals surface area contributed by atoms with Crippen LogP contribution in [0.2, 0.25) is 0 Å². The summed E-state index contributed by atoms with van der Waals surface area (Å²) < 4.78 is 43.4. The molecule has 0 spiro atoms. The molecule has 1 amide bonds. The number of ether oxygens (including phenoxy) is 1. The number of carbonyl (C=O) groups is 2. The Balaban J connectivity index is 1.81. The van der Waals surface area contributed by atoms with Gasteiger partial charge in [0.1, 0.15) is 5.69 Å². The molecule has 11 nitrogen and oxygen atoms in total. The second-order valence-electron chi connectivity index (χ2n) is 7.25. The van der Waals surface area contributed by atoms with Crippen molar-refractivity contribution in [2.75, 3.05) is 38.2 Å². The molecule has 0 radical (unpaired) electrons. The monoisotopic (exact) mass is 482 g/mol. The molecule has 0 aliphatic carbocycles. The molecule has 1 fully saturated rings. The number of nitrogens with zero attached hydrogens (tertiary/aromatic N) is 4. The fourth-order valence-electron chi connectivity index (χ4n) is 3.52. The molecule has 0 saturated carbocycles. The summed E-state index contributed by atoms with van der Waals surface area (Å²) in [5, 5.41) is 22.5. The Morgan fingerprint density at radius 2 is 1.56 bits per heavy atom. The Morgan fingerprint density at radius 1 is 0.941 bits per heavy atom. The number of nitro benzene ring substituents is 2. The predicted molar refractivity (Wildman–Crippen MR) is 111 cm³/mol. The number of alkyl halides is 3. The van der Waals surface area contributed by atoms with Gasteiger partial charge < -0.3 is 14.5 Å². The van der Waals surface area contributed by atoms with Crippen LogP contribution in [0.5, 0.6) is 0 Å². The van der Waals surface area contributed by atoms with Crippen LogP contribution in [0.4, 0.5) is 30.2 Å². The van der Waals surface area contributed by atoms with Crippen molar-refractivity contribution in [3.63, 3.8) is 0 Å². The molecule has 0 bridgehead atoms. The third-order valence-corrected chi connectivity index (χ3v) is 5.20. The van der Waals surface area contributed by atoms with Crippen molar-refractivity contribution in [1.29, 1.82) is 0 Å². The van der Waals surface area contributed by atoms with Crippen LogP contribution in [-0.4, -0.2) is 59.9 Å². The van der Waals surface area contributed by atoms with E-state index in [0.29, 0.717) is 6.07 Å². The molecule has 1 heterocycles. The Hall–Kier alpha value is -4.23. The van der Waals surface area contributed by atoms with Gasteiger partial charge in [0.05, 0.1) is 28.1 Å². The van der Waals surface area contributed by atoms with Crippen LogP contribution in [0.25, 0.3) is 0 Å². The van der Waals surface area contributed by atoms with E-state index in [1.807, 2.05) is 0 Å². The zero-order valence-corrected chi connectivity index (χ0v) is 17.6. The lowest BCUT2D eigenvalue weighted by Crippen LogP contribution is -2.49. The van der Waals surface area contributed by atoms with Gasteiger partial charge in [0.2, 0.25) is 0 Å². The average Bonchev–Trinajstić information content (AvgIpc) is 2.81. The molecular formula is C20H17F3N4O7. The largest absolute Gasteiger partial charge is 0.465 e. The summed E-state index contributed by atoms with van der Waals surface area (Å²) in [6.45, 7) is 0.202. The first-order valence-electron chi connectivity index (χ1n) is 9.70. The molecule has 0 unspecified atom stereocenters. The fraction of sp³-hybridized carbons (Fsp3) is 0.300. The molecule has 180 valence electrons. The Kier molecular flexibility index (Phi) is 6.70. The van der Waals surface area contributed by atoms with Crippen molar-refractivity contribution in [3.05, 3.63) is 73.3 Å². The molecule has 1 aliphatic heterocycles. The number of rotatable bonds is 5. The zero-order chi connectivity index (χ0) is 25.2. The molecule has 34 heavy (non-hydrogen) atoms. The van der Waals surface area contributed by atoms with Crippen molar-refractivity contribution in [3.8, 4) is 0 Å². The molecule has 2 aromatic carbocycles. The molecule has 0 N–H and O–H groups in total. The van der Waals surface area contributed by atoms with Gasteiger partial charge in [-0.1, -0.05) is 0 Å². The molecule has 0 atom stereocenters. The smallest absolute Gasteiger partial charge is 0.416 e. The van der Waals surface area contributed by atoms with Gasteiger partial charge in [0, 0.05) is 49.9 Å². The lowest BCUT2D eigenvalue weighted by molar-refractivity contribution is -0.385. The highest BCUT2D eigenvalue weighted by molar-refractivity contribution is 5.99. The molecule has 14 heteroatoms. The standard InChI is InChI=1S/C20H17F3N4O7/c1-34-19(29)13-8-12(9-15(10-13)26(30)31)18(28)25-6-4-24(5-7-25)16-3-2-14(20(21,22)23)11-17(16)27(32)33/h2-3,8-11H,4-7H2,1H3. The first-order valence-corrected chi connectivity index (χ1v) is 9.70. The van der Waals surface area contributed by atoms with E-state index in [9.17, 15) is 43.0 Å². The summed E-state index contributed by atoms with van der Waals surface area (Å²) in [4.78, 5) is 48.4. The van der Waals surface area contributed by atoms with Crippen molar-refractivity contribution in [2.24, 2.45) is 0 Å². The van der Waals surface area contributed by atoms with Crippen LogP contribution in [0.1, 0.15) is 26.3 Å². The maximum Gasteiger partial charge on any atom is 0.416 e. The first kappa shape index (κ1) is 24.4. The summed E-state index contributed by atoms with van der Waals surface area (Å²) in [6.07, 6.45) is -4.74. The second kappa shape index (κ2) is 9.33. The molecule has 3 rings (SSSR count). The summed E-state index contributed by atoms with van der Waals surface area (Å²) in [5.41, 5.74) is -2.67. The van der Waals surface area contributed by atoms with Gasteiger partial charge >= 0.3 is 12.1 Å². The lowest BCUT2D eigenvalue weighted by Gasteiger charge is -2.36. The minimum Gasteiger partial charge on any atom is -0.465 e. The van der Waals surface area contributed by atoms with Crippen molar-refractivity contribution >= 4 is 28.9 Å². The number of anilines is 1. The Labute approximate surface area is 189 Å². The molecule has 1 saturated heterocycles. The van der Waals surface area contributed by atoms with E-state index in [-0.39, 0.29) is 43.0 Å². The third kappa shape index (κ3) is 5.05. The number of non-ortho nitro benzene ring substituents is 1. The number of esters is 1. The van der Waals surface area contributed by atoms with Gasteiger partial charge in [-0.3, -0.25) is 25.0 Å².